The van der Waals surface area contributed by atoms with Crippen LogP contribution in [0.1, 0.15) is 0 Å². The maximum atomic E-state index is 5.76. The van der Waals surface area contributed by atoms with Gasteiger partial charge in [-0.2, -0.15) is 0 Å². The van der Waals surface area contributed by atoms with Crippen molar-refractivity contribution in [3.63, 3.8) is 0 Å². The molecule has 0 fully saturated rings. The number of halogens is 1. The molecule has 0 bridgehead atoms. The first-order valence-electron chi connectivity index (χ1n) is 3.29. The summed E-state index contributed by atoms with van der Waals surface area (Å²) in [5, 5.41) is 3.96. The van der Waals surface area contributed by atoms with Gasteiger partial charge in [0.1, 0.15) is 0 Å². The summed E-state index contributed by atoms with van der Waals surface area (Å²) in [5.41, 5.74) is 0. The minimum absolute atomic E-state index is 0.778. The Morgan fingerprint density at radius 3 is 3.00 bits per heavy atom. The van der Waals surface area contributed by atoms with Crippen molar-refractivity contribution in [1.82, 2.24) is 5.32 Å². The first-order chi connectivity index (χ1) is 4.89. The van der Waals surface area contributed by atoms with Crippen molar-refractivity contribution < 1.29 is 0 Å². The van der Waals surface area contributed by atoms with Crippen LogP contribution in [0, 0.1) is 0 Å². The molecule has 1 aliphatic rings. The van der Waals surface area contributed by atoms with Crippen molar-refractivity contribution in [1.29, 1.82) is 0 Å². The van der Waals surface area contributed by atoms with Gasteiger partial charge in [-0.3, -0.25) is 0 Å². The van der Waals surface area contributed by atoms with Crippen molar-refractivity contribution in [2.75, 3.05) is 13.1 Å². The molecule has 54 valence electrons. The van der Waals surface area contributed by atoms with Crippen LogP contribution in [-0.2, 0) is 0 Å². The standard InChI is InChI=1S/C8H10ClN/c9-8-4-1-2-6-10-7-3-5-8/h1-5,10H,6-7H2/b2-1+,5-3?,8-4?. The zero-order chi connectivity index (χ0) is 7.23. The van der Waals surface area contributed by atoms with E-state index >= 15 is 0 Å². The number of nitrogens with one attached hydrogen (secondary N) is 1. The van der Waals surface area contributed by atoms with E-state index in [-0.39, 0.29) is 0 Å². The third-order valence-corrected chi connectivity index (χ3v) is 1.44. The molecule has 0 saturated carbocycles. The smallest absolute Gasteiger partial charge is 0.0403 e. The largest absolute Gasteiger partial charge is 0.310 e. The van der Waals surface area contributed by atoms with Crippen LogP contribution in [0.4, 0.5) is 0 Å². The lowest BCUT2D eigenvalue weighted by Crippen LogP contribution is -2.12. The highest BCUT2D eigenvalue weighted by Crippen LogP contribution is 2.03. The maximum absolute atomic E-state index is 5.76. The van der Waals surface area contributed by atoms with Gasteiger partial charge < -0.3 is 5.32 Å². The zero-order valence-electron chi connectivity index (χ0n) is 5.68. The number of rotatable bonds is 0. The minimum Gasteiger partial charge on any atom is -0.310 e. The molecule has 1 aliphatic heterocycles. The lowest BCUT2D eigenvalue weighted by Gasteiger charge is -1.91. The fraction of sp³-hybridized carbons (Fsp3) is 0.250. The average molecular weight is 156 g/mol. The number of allylic oxidation sites excluding steroid dienone is 4. The molecular weight excluding hydrogens is 146 g/mol. The van der Waals surface area contributed by atoms with Crippen LogP contribution in [0.2, 0.25) is 0 Å². The van der Waals surface area contributed by atoms with Crippen LogP contribution in [0.15, 0.2) is 35.4 Å². The van der Waals surface area contributed by atoms with E-state index in [0.29, 0.717) is 0 Å². The Hall–Kier alpha value is -0.530. The molecule has 0 aromatic rings. The predicted octanol–water partition coefficient (Wildman–Crippen LogP) is 1.82. The summed E-state index contributed by atoms with van der Waals surface area (Å²) >= 11 is 5.76. The van der Waals surface area contributed by atoms with E-state index in [4.69, 9.17) is 11.6 Å². The molecule has 1 heterocycles. The van der Waals surface area contributed by atoms with E-state index in [1.54, 1.807) is 0 Å². The van der Waals surface area contributed by atoms with Crippen LogP contribution < -0.4 is 5.32 Å². The van der Waals surface area contributed by atoms with E-state index in [0.717, 1.165) is 18.1 Å². The molecule has 1 N–H and O–H groups in total. The predicted molar refractivity (Wildman–Crippen MR) is 45.1 cm³/mol. The molecule has 1 nitrogen and oxygen atoms in total. The zero-order valence-corrected chi connectivity index (χ0v) is 6.43. The Kier molecular flexibility index (Phi) is 3.27. The van der Waals surface area contributed by atoms with Gasteiger partial charge in [0.25, 0.3) is 0 Å². The van der Waals surface area contributed by atoms with Crippen molar-refractivity contribution in [3.8, 4) is 0 Å². The molecule has 1 rings (SSSR count). The van der Waals surface area contributed by atoms with Gasteiger partial charge in [0, 0.05) is 18.1 Å². The number of hydrogen-bond acceptors (Lipinski definition) is 1. The first kappa shape index (κ1) is 7.58. The fourth-order valence-corrected chi connectivity index (χ4v) is 0.867. The Morgan fingerprint density at radius 2 is 2.10 bits per heavy atom. The van der Waals surface area contributed by atoms with Crippen molar-refractivity contribution in [2.45, 2.75) is 0 Å². The number of hydrogen-bond donors (Lipinski definition) is 1. The second-order valence-corrected chi connectivity index (χ2v) is 2.48. The van der Waals surface area contributed by atoms with Crippen LogP contribution in [-0.4, -0.2) is 13.1 Å². The summed E-state index contributed by atoms with van der Waals surface area (Å²) in [6.07, 6.45) is 9.77. The summed E-state index contributed by atoms with van der Waals surface area (Å²) in [6.45, 7) is 1.79. The molecule has 0 aromatic heterocycles. The molecular formula is C8H10ClN. The van der Waals surface area contributed by atoms with Gasteiger partial charge in [0.2, 0.25) is 0 Å². The summed E-state index contributed by atoms with van der Waals surface area (Å²) in [7, 11) is 0. The van der Waals surface area contributed by atoms with Gasteiger partial charge in [-0.1, -0.05) is 29.8 Å². The van der Waals surface area contributed by atoms with Gasteiger partial charge in [-0.05, 0) is 12.2 Å². The Morgan fingerprint density at radius 1 is 1.30 bits per heavy atom. The highest BCUT2D eigenvalue weighted by molar-refractivity contribution is 6.31. The summed E-state index contributed by atoms with van der Waals surface area (Å²) in [6, 6.07) is 0. The van der Waals surface area contributed by atoms with E-state index < -0.39 is 0 Å². The van der Waals surface area contributed by atoms with Crippen molar-refractivity contribution in [2.24, 2.45) is 0 Å². The fourth-order valence-electron chi connectivity index (χ4n) is 0.705. The second-order valence-electron chi connectivity index (χ2n) is 2.04. The van der Waals surface area contributed by atoms with Crippen LogP contribution >= 0.6 is 11.6 Å². The Bertz CT molecular complexity index is 180. The summed E-state index contributed by atoms with van der Waals surface area (Å²) in [5.74, 6) is 0. The molecule has 0 amide bonds. The summed E-state index contributed by atoms with van der Waals surface area (Å²) < 4.78 is 0. The third-order valence-electron chi connectivity index (χ3n) is 1.19. The molecule has 0 aliphatic carbocycles. The maximum Gasteiger partial charge on any atom is 0.0403 e. The third kappa shape index (κ3) is 2.85. The molecule has 0 aromatic carbocycles. The second kappa shape index (κ2) is 4.31. The Labute approximate surface area is 66.1 Å². The van der Waals surface area contributed by atoms with Gasteiger partial charge in [-0.25, -0.2) is 0 Å². The summed E-state index contributed by atoms with van der Waals surface area (Å²) in [4.78, 5) is 0. The van der Waals surface area contributed by atoms with E-state index in [1.807, 2.05) is 30.4 Å². The van der Waals surface area contributed by atoms with Crippen LogP contribution in [0.25, 0.3) is 0 Å². The SMILES string of the molecule is ClC1=C/C=C/CNCC=C1. The van der Waals surface area contributed by atoms with Gasteiger partial charge in [0.15, 0.2) is 0 Å². The van der Waals surface area contributed by atoms with Gasteiger partial charge >= 0.3 is 0 Å². The van der Waals surface area contributed by atoms with E-state index in [2.05, 4.69) is 5.32 Å². The lowest BCUT2D eigenvalue weighted by molar-refractivity contribution is 0.843. The molecule has 0 atom stereocenters. The molecule has 0 spiro atoms. The van der Waals surface area contributed by atoms with E-state index in [9.17, 15) is 0 Å². The van der Waals surface area contributed by atoms with Crippen molar-refractivity contribution >= 4 is 11.6 Å². The molecule has 0 saturated heterocycles. The van der Waals surface area contributed by atoms with Crippen molar-refractivity contribution in [3.05, 3.63) is 35.4 Å². The normalized spacial score (nSPS) is 22.3. The monoisotopic (exact) mass is 155 g/mol. The van der Waals surface area contributed by atoms with Crippen LogP contribution in [0.3, 0.4) is 0 Å². The Balaban J connectivity index is 2.60. The average Bonchev–Trinajstić information content (AvgIpc) is 2.02. The topological polar surface area (TPSA) is 12.0 Å². The minimum atomic E-state index is 0.778. The quantitative estimate of drug-likeness (QED) is 0.563. The lowest BCUT2D eigenvalue weighted by atomic mass is 10.4. The molecule has 2 heteroatoms. The molecule has 10 heavy (non-hydrogen) atoms. The highest BCUT2D eigenvalue weighted by Gasteiger charge is 1.84. The van der Waals surface area contributed by atoms with Crippen LogP contribution in [0.5, 0.6) is 0 Å². The molecule has 0 unspecified atom stereocenters. The van der Waals surface area contributed by atoms with Gasteiger partial charge in [-0.15, -0.1) is 0 Å². The highest BCUT2D eigenvalue weighted by atomic mass is 35.5. The van der Waals surface area contributed by atoms with E-state index in [1.165, 1.54) is 0 Å². The molecule has 0 radical (unpaired) electrons. The first-order valence-corrected chi connectivity index (χ1v) is 3.67. The van der Waals surface area contributed by atoms with Gasteiger partial charge in [0.05, 0.1) is 0 Å².